The van der Waals surface area contributed by atoms with Crippen LogP contribution in [0.3, 0.4) is 0 Å². The Morgan fingerprint density at radius 1 is 1.11 bits per heavy atom. The SMILES string of the molecule is CCCCC1=NC2(CCCC2)C(=O)N1Cc1ccc(-c2ccccc2S(=O)(=O)Nc2onc(C)c2C)c(N(C)C(=O)C2CC2)c1. The van der Waals surface area contributed by atoms with Crippen LogP contribution < -0.4 is 9.62 Å². The third-order valence-corrected chi connectivity index (χ3v) is 10.7. The fourth-order valence-electron chi connectivity index (χ4n) is 6.40. The van der Waals surface area contributed by atoms with E-state index in [-0.39, 0.29) is 28.5 Å². The molecule has 11 heteroatoms. The van der Waals surface area contributed by atoms with Crippen molar-refractivity contribution < 1.29 is 22.5 Å². The molecule has 0 bridgehead atoms. The van der Waals surface area contributed by atoms with Crippen molar-refractivity contribution in [2.45, 2.75) is 95.5 Å². The summed E-state index contributed by atoms with van der Waals surface area (Å²) < 4.78 is 35.3. The van der Waals surface area contributed by atoms with Crippen LogP contribution in [0.1, 0.15) is 81.5 Å². The van der Waals surface area contributed by atoms with E-state index in [1.165, 1.54) is 6.07 Å². The van der Waals surface area contributed by atoms with Gasteiger partial charge in [-0.3, -0.25) is 19.5 Å². The van der Waals surface area contributed by atoms with Crippen molar-refractivity contribution >= 4 is 39.2 Å². The van der Waals surface area contributed by atoms with Gasteiger partial charge in [0.15, 0.2) is 0 Å². The summed E-state index contributed by atoms with van der Waals surface area (Å²) in [5, 5.41) is 3.87. The van der Waals surface area contributed by atoms with E-state index in [0.29, 0.717) is 34.6 Å². The first kappa shape index (κ1) is 31.0. The van der Waals surface area contributed by atoms with E-state index in [4.69, 9.17) is 9.52 Å². The molecule has 2 saturated carbocycles. The van der Waals surface area contributed by atoms with Gasteiger partial charge in [-0.15, -0.1) is 0 Å². The normalized spacial score (nSPS) is 17.6. The van der Waals surface area contributed by atoms with Gasteiger partial charge in [-0.25, -0.2) is 13.1 Å². The number of rotatable bonds is 11. The highest BCUT2D eigenvalue weighted by atomic mass is 32.2. The molecule has 3 aromatic rings. The number of anilines is 2. The van der Waals surface area contributed by atoms with Crippen molar-refractivity contribution in [3.8, 4) is 11.1 Å². The monoisotopic (exact) mass is 631 g/mol. The predicted octanol–water partition coefficient (Wildman–Crippen LogP) is 6.38. The fraction of sp³-hybridized carbons (Fsp3) is 0.471. The lowest BCUT2D eigenvalue weighted by Crippen LogP contribution is -2.40. The zero-order valence-corrected chi connectivity index (χ0v) is 27.2. The number of nitrogens with one attached hydrogen (secondary N) is 1. The van der Waals surface area contributed by atoms with Crippen molar-refractivity contribution in [2.75, 3.05) is 16.7 Å². The number of carbonyl (C=O) groups excluding carboxylic acids is 2. The quantitative estimate of drug-likeness (QED) is 0.262. The van der Waals surface area contributed by atoms with Gasteiger partial charge in [-0.2, -0.15) is 0 Å². The molecule has 2 fully saturated rings. The summed E-state index contributed by atoms with van der Waals surface area (Å²) >= 11 is 0. The lowest BCUT2D eigenvalue weighted by Gasteiger charge is -2.26. The fourth-order valence-corrected chi connectivity index (χ4v) is 7.66. The molecule has 0 radical (unpaired) electrons. The Labute approximate surface area is 264 Å². The van der Waals surface area contributed by atoms with Crippen molar-refractivity contribution in [2.24, 2.45) is 10.9 Å². The lowest BCUT2D eigenvalue weighted by atomic mass is 9.97. The molecule has 238 valence electrons. The largest absolute Gasteiger partial charge is 0.337 e. The van der Waals surface area contributed by atoms with Gasteiger partial charge in [0.05, 0.1) is 22.8 Å². The maximum atomic E-state index is 13.8. The summed E-state index contributed by atoms with van der Waals surface area (Å²) in [7, 11) is -2.35. The zero-order valence-electron chi connectivity index (χ0n) is 26.4. The smallest absolute Gasteiger partial charge is 0.264 e. The molecule has 10 nitrogen and oxygen atoms in total. The lowest BCUT2D eigenvalue weighted by molar-refractivity contribution is -0.131. The third kappa shape index (κ3) is 5.90. The number of amidine groups is 1. The van der Waals surface area contributed by atoms with E-state index in [1.54, 1.807) is 44.0 Å². The van der Waals surface area contributed by atoms with E-state index < -0.39 is 15.6 Å². The third-order valence-electron chi connectivity index (χ3n) is 9.35. The van der Waals surface area contributed by atoms with Crippen LogP contribution >= 0.6 is 0 Å². The number of carbonyl (C=O) groups is 2. The molecule has 2 heterocycles. The number of aryl methyl sites for hydroxylation is 1. The molecule has 3 aliphatic rings. The number of aliphatic imine (C=N–C) groups is 1. The van der Waals surface area contributed by atoms with Crippen molar-refractivity contribution in [3.63, 3.8) is 0 Å². The molecule has 1 aliphatic heterocycles. The number of nitrogens with zero attached hydrogens (tertiary/aromatic N) is 4. The zero-order chi connectivity index (χ0) is 31.9. The first-order chi connectivity index (χ1) is 21.5. The van der Waals surface area contributed by atoms with Gasteiger partial charge in [0.1, 0.15) is 11.4 Å². The standard InChI is InChI=1S/C34H41N5O5S/c1-5-6-13-30-35-34(18-9-10-19-34)33(41)39(30)21-24-14-17-26(28(20-24)38(4)32(40)25-15-16-25)27-11-7-8-12-29(27)45(42,43)37-31-22(2)23(3)36-44-31/h7-8,11-12,14,17,20,25,37H,5-6,9-10,13,15-16,18-19,21H2,1-4H3. The molecule has 6 rings (SSSR count). The summed E-state index contributed by atoms with van der Waals surface area (Å²) in [6.07, 6.45) is 7.96. The summed E-state index contributed by atoms with van der Waals surface area (Å²) in [5.41, 5.74) is 3.05. The van der Waals surface area contributed by atoms with E-state index in [0.717, 1.165) is 69.2 Å². The maximum absolute atomic E-state index is 13.8. The van der Waals surface area contributed by atoms with Gasteiger partial charge in [-0.05, 0) is 63.6 Å². The van der Waals surface area contributed by atoms with E-state index >= 15 is 0 Å². The molecule has 1 N–H and O–H groups in total. The maximum Gasteiger partial charge on any atom is 0.264 e. The average Bonchev–Trinajstić information content (AvgIpc) is 3.64. The van der Waals surface area contributed by atoms with E-state index in [2.05, 4.69) is 16.8 Å². The minimum absolute atomic E-state index is 0.00743. The number of amides is 2. The molecule has 0 atom stereocenters. The second-order valence-corrected chi connectivity index (χ2v) is 14.3. The molecular formula is C34H41N5O5S. The minimum atomic E-state index is -4.09. The summed E-state index contributed by atoms with van der Waals surface area (Å²) in [5.74, 6) is 0.929. The van der Waals surface area contributed by atoms with Crippen LogP contribution in [-0.2, 0) is 26.2 Å². The highest BCUT2D eigenvalue weighted by Gasteiger charge is 2.49. The topological polar surface area (TPSA) is 125 Å². The Bertz CT molecular complexity index is 1770. The molecule has 0 saturated heterocycles. The number of hydrogen-bond acceptors (Lipinski definition) is 7. The highest BCUT2D eigenvalue weighted by Crippen LogP contribution is 2.42. The second-order valence-electron chi connectivity index (χ2n) is 12.6. The van der Waals surface area contributed by atoms with Gasteiger partial charge in [0, 0.05) is 36.1 Å². The first-order valence-corrected chi connectivity index (χ1v) is 17.4. The number of hydrogen-bond donors (Lipinski definition) is 1. The number of sulfonamides is 1. The summed E-state index contributed by atoms with van der Waals surface area (Å²) in [6.45, 7) is 5.95. The molecule has 0 unspecified atom stereocenters. The number of benzene rings is 2. The van der Waals surface area contributed by atoms with Crippen molar-refractivity contribution in [1.29, 1.82) is 0 Å². The molecule has 1 spiro atoms. The first-order valence-electron chi connectivity index (χ1n) is 15.9. The van der Waals surface area contributed by atoms with E-state index in [9.17, 15) is 18.0 Å². The van der Waals surface area contributed by atoms with Gasteiger partial charge in [0.2, 0.25) is 11.8 Å². The molecule has 2 amide bonds. The average molecular weight is 632 g/mol. The predicted molar refractivity (Wildman–Crippen MR) is 174 cm³/mol. The van der Waals surface area contributed by atoms with Crippen LogP contribution in [-0.4, -0.2) is 48.7 Å². The van der Waals surface area contributed by atoms with Crippen molar-refractivity contribution in [3.05, 3.63) is 59.3 Å². The van der Waals surface area contributed by atoms with Crippen LogP contribution in [0, 0.1) is 19.8 Å². The highest BCUT2D eigenvalue weighted by molar-refractivity contribution is 7.92. The molecule has 2 aliphatic carbocycles. The Morgan fingerprint density at radius 2 is 1.84 bits per heavy atom. The number of aromatic nitrogens is 1. The van der Waals surface area contributed by atoms with Crippen LogP contribution in [0.15, 0.2) is 56.9 Å². The van der Waals surface area contributed by atoms with Crippen LogP contribution in [0.4, 0.5) is 11.6 Å². The van der Waals surface area contributed by atoms with Gasteiger partial charge in [-0.1, -0.05) is 61.7 Å². The van der Waals surface area contributed by atoms with Crippen LogP contribution in [0.2, 0.25) is 0 Å². The van der Waals surface area contributed by atoms with Gasteiger partial charge in [0.25, 0.3) is 15.9 Å². The van der Waals surface area contributed by atoms with Gasteiger partial charge >= 0.3 is 0 Å². The van der Waals surface area contributed by atoms with Crippen LogP contribution in [0.25, 0.3) is 11.1 Å². The Morgan fingerprint density at radius 3 is 2.51 bits per heavy atom. The van der Waals surface area contributed by atoms with Crippen LogP contribution in [0.5, 0.6) is 0 Å². The summed E-state index contributed by atoms with van der Waals surface area (Å²) in [6, 6.07) is 12.4. The molecule has 45 heavy (non-hydrogen) atoms. The molecule has 1 aromatic heterocycles. The Balaban J connectivity index is 1.39. The molecular weight excluding hydrogens is 590 g/mol. The van der Waals surface area contributed by atoms with E-state index in [1.807, 2.05) is 23.1 Å². The minimum Gasteiger partial charge on any atom is -0.337 e. The van der Waals surface area contributed by atoms with Crippen molar-refractivity contribution in [1.82, 2.24) is 10.1 Å². The number of unbranched alkanes of at least 4 members (excludes halogenated alkanes) is 1. The Kier molecular flexibility index (Phi) is 8.32. The summed E-state index contributed by atoms with van der Waals surface area (Å²) in [4.78, 5) is 35.7. The van der Waals surface area contributed by atoms with Gasteiger partial charge < -0.3 is 9.42 Å². The Hall–Kier alpha value is -3.99. The second kappa shape index (κ2) is 12.1. The molecule has 2 aromatic carbocycles.